The number of fused-ring (bicyclic) bond motifs is 3. The summed E-state index contributed by atoms with van der Waals surface area (Å²) in [6.45, 7) is 2.24. The number of hydrogen-bond donors (Lipinski definition) is 0. The fraction of sp³-hybridized carbons (Fsp3) is 0.176. The van der Waals surface area contributed by atoms with Crippen LogP contribution in [-0.4, -0.2) is 4.43 Å². The minimum atomic E-state index is 1.05. The van der Waals surface area contributed by atoms with Crippen molar-refractivity contribution in [3.63, 3.8) is 0 Å². The van der Waals surface area contributed by atoms with Crippen molar-refractivity contribution in [2.24, 2.45) is 0 Å². The predicted molar refractivity (Wildman–Crippen MR) is 87.2 cm³/mol. The van der Waals surface area contributed by atoms with Gasteiger partial charge in [0.2, 0.25) is 0 Å². The molecule has 1 aliphatic carbocycles. The molecular formula is C17H15I. The smallest absolute Gasteiger partial charge is 0.0185 e. The first-order valence-corrected chi connectivity index (χ1v) is 7.87. The van der Waals surface area contributed by atoms with Gasteiger partial charge in [-0.3, -0.25) is 0 Å². The lowest BCUT2D eigenvalue weighted by Crippen LogP contribution is -1.90. The molecule has 0 saturated carbocycles. The number of halogens is 1. The fourth-order valence-electron chi connectivity index (χ4n) is 2.81. The van der Waals surface area contributed by atoms with Gasteiger partial charge in [0.25, 0.3) is 0 Å². The molecule has 1 aliphatic rings. The summed E-state index contributed by atoms with van der Waals surface area (Å²) in [6, 6.07) is 15.4. The minimum Gasteiger partial charge on any atom is -0.0818 e. The van der Waals surface area contributed by atoms with E-state index in [9.17, 15) is 0 Å². The van der Waals surface area contributed by atoms with Crippen LogP contribution in [0.25, 0.3) is 16.7 Å². The van der Waals surface area contributed by atoms with Crippen LogP contribution in [0.15, 0.2) is 48.5 Å². The van der Waals surface area contributed by atoms with Crippen LogP contribution >= 0.6 is 22.6 Å². The molecule has 1 heteroatoms. The van der Waals surface area contributed by atoms with E-state index in [1.165, 1.54) is 33.4 Å². The Bertz CT molecular complexity index is 623. The van der Waals surface area contributed by atoms with E-state index in [1.807, 2.05) is 0 Å². The Hall–Kier alpha value is -1.09. The lowest BCUT2D eigenvalue weighted by Gasteiger charge is -2.08. The van der Waals surface area contributed by atoms with Crippen LogP contribution in [0.3, 0.4) is 0 Å². The van der Waals surface area contributed by atoms with Crippen LogP contribution < -0.4 is 0 Å². The quantitative estimate of drug-likeness (QED) is 0.448. The van der Waals surface area contributed by atoms with E-state index in [-0.39, 0.29) is 0 Å². The van der Waals surface area contributed by atoms with E-state index in [0.717, 1.165) is 10.8 Å². The van der Waals surface area contributed by atoms with E-state index in [2.05, 4.69) is 78.1 Å². The highest BCUT2D eigenvalue weighted by Gasteiger charge is 2.24. The number of alkyl halides is 1. The van der Waals surface area contributed by atoms with E-state index >= 15 is 0 Å². The molecule has 3 rings (SSSR count). The molecule has 0 saturated heterocycles. The summed E-state index contributed by atoms with van der Waals surface area (Å²) < 4.78 is 1.05. The van der Waals surface area contributed by atoms with Crippen molar-refractivity contribution in [2.75, 3.05) is 4.43 Å². The Morgan fingerprint density at radius 3 is 2.39 bits per heavy atom. The normalized spacial score (nSPS) is 14.7. The monoisotopic (exact) mass is 346 g/mol. The van der Waals surface area contributed by atoms with Gasteiger partial charge in [-0.25, -0.2) is 0 Å². The summed E-state index contributed by atoms with van der Waals surface area (Å²) in [6.07, 6.45) is 3.44. The fourth-order valence-corrected chi connectivity index (χ4v) is 3.25. The highest BCUT2D eigenvalue weighted by molar-refractivity contribution is 14.1. The number of rotatable bonds is 2. The molecule has 0 N–H and O–H groups in total. The molecule has 0 spiro atoms. The SMILES string of the molecule is CCc1cccc2c1/C(=C\CI)c1ccccc1-2. The van der Waals surface area contributed by atoms with Gasteiger partial charge in [0, 0.05) is 4.43 Å². The van der Waals surface area contributed by atoms with E-state index < -0.39 is 0 Å². The average Bonchev–Trinajstić information content (AvgIpc) is 2.74. The second-order valence-electron chi connectivity index (χ2n) is 4.51. The topological polar surface area (TPSA) is 0 Å². The molecule has 0 fully saturated rings. The van der Waals surface area contributed by atoms with Crippen molar-refractivity contribution in [3.8, 4) is 11.1 Å². The van der Waals surface area contributed by atoms with Crippen LogP contribution in [0.2, 0.25) is 0 Å². The second kappa shape index (κ2) is 4.88. The first kappa shape index (κ1) is 12.0. The first-order chi connectivity index (χ1) is 8.86. The lowest BCUT2D eigenvalue weighted by molar-refractivity contribution is 1.13. The predicted octanol–water partition coefficient (Wildman–Crippen LogP) is 5.10. The van der Waals surface area contributed by atoms with Crippen LogP contribution in [-0.2, 0) is 6.42 Å². The van der Waals surface area contributed by atoms with Gasteiger partial charge in [-0.2, -0.15) is 0 Å². The van der Waals surface area contributed by atoms with E-state index in [1.54, 1.807) is 0 Å². The Morgan fingerprint density at radius 1 is 0.944 bits per heavy atom. The Morgan fingerprint density at radius 2 is 1.67 bits per heavy atom. The summed E-state index contributed by atoms with van der Waals surface area (Å²) in [5.41, 5.74) is 8.52. The minimum absolute atomic E-state index is 1.05. The molecule has 18 heavy (non-hydrogen) atoms. The first-order valence-electron chi connectivity index (χ1n) is 6.35. The summed E-state index contributed by atoms with van der Waals surface area (Å²) in [7, 11) is 0. The van der Waals surface area contributed by atoms with Crippen molar-refractivity contribution in [1.29, 1.82) is 0 Å². The van der Waals surface area contributed by atoms with Crippen molar-refractivity contribution < 1.29 is 0 Å². The van der Waals surface area contributed by atoms with E-state index in [4.69, 9.17) is 0 Å². The van der Waals surface area contributed by atoms with Gasteiger partial charge < -0.3 is 0 Å². The third-order valence-corrected chi connectivity index (χ3v) is 4.03. The van der Waals surface area contributed by atoms with Gasteiger partial charge in [-0.05, 0) is 39.8 Å². The average molecular weight is 346 g/mol. The summed E-state index contributed by atoms with van der Waals surface area (Å²) in [5, 5.41) is 0. The number of benzene rings is 2. The Labute approximate surface area is 122 Å². The van der Waals surface area contributed by atoms with Gasteiger partial charge in [0.05, 0.1) is 0 Å². The van der Waals surface area contributed by atoms with Crippen molar-refractivity contribution >= 4 is 28.2 Å². The van der Waals surface area contributed by atoms with Crippen LogP contribution in [0.5, 0.6) is 0 Å². The third-order valence-electron chi connectivity index (χ3n) is 3.59. The maximum absolute atomic E-state index is 2.42. The number of aryl methyl sites for hydroxylation is 1. The van der Waals surface area contributed by atoms with Crippen LogP contribution in [0.1, 0.15) is 23.6 Å². The highest BCUT2D eigenvalue weighted by Crippen LogP contribution is 2.45. The maximum atomic E-state index is 2.42. The third kappa shape index (κ3) is 1.72. The molecular weight excluding hydrogens is 331 g/mol. The van der Waals surface area contributed by atoms with Gasteiger partial charge in [-0.15, -0.1) is 0 Å². The summed E-state index contributed by atoms with van der Waals surface area (Å²) in [4.78, 5) is 0. The molecule has 0 amide bonds. The second-order valence-corrected chi connectivity index (χ2v) is 5.39. The van der Waals surface area contributed by atoms with Gasteiger partial charge in [-0.1, -0.05) is 78.1 Å². The number of hydrogen-bond acceptors (Lipinski definition) is 0. The zero-order valence-electron chi connectivity index (χ0n) is 10.4. The van der Waals surface area contributed by atoms with Crippen LogP contribution in [0, 0.1) is 0 Å². The Kier molecular flexibility index (Phi) is 3.25. The molecule has 0 aromatic heterocycles. The zero-order valence-corrected chi connectivity index (χ0v) is 12.6. The van der Waals surface area contributed by atoms with Crippen molar-refractivity contribution in [3.05, 3.63) is 65.2 Å². The summed E-state index contributed by atoms with van der Waals surface area (Å²) in [5.74, 6) is 0. The molecule has 2 aromatic rings. The largest absolute Gasteiger partial charge is 0.0818 e. The summed E-state index contributed by atoms with van der Waals surface area (Å²) >= 11 is 2.42. The van der Waals surface area contributed by atoms with Gasteiger partial charge >= 0.3 is 0 Å². The number of allylic oxidation sites excluding steroid dienone is 1. The molecule has 0 unspecified atom stereocenters. The zero-order chi connectivity index (χ0) is 12.5. The molecule has 90 valence electrons. The molecule has 0 bridgehead atoms. The van der Waals surface area contributed by atoms with Crippen molar-refractivity contribution in [2.45, 2.75) is 13.3 Å². The molecule has 0 radical (unpaired) electrons. The highest BCUT2D eigenvalue weighted by atomic mass is 127. The molecule has 0 atom stereocenters. The maximum Gasteiger partial charge on any atom is 0.0185 e. The van der Waals surface area contributed by atoms with Crippen molar-refractivity contribution in [1.82, 2.24) is 0 Å². The standard InChI is InChI=1S/C17H15I/c1-2-12-6-5-9-15-13-7-3-4-8-14(13)16(10-11-18)17(12)15/h3-10H,2,11H2,1H3/b16-10-. The molecule has 2 aromatic carbocycles. The Balaban J connectivity index is 2.35. The molecule has 0 heterocycles. The lowest BCUT2D eigenvalue weighted by atomic mass is 9.97. The van der Waals surface area contributed by atoms with Gasteiger partial charge in [0.15, 0.2) is 0 Å². The van der Waals surface area contributed by atoms with E-state index in [0.29, 0.717) is 0 Å². The van der Waals surface area contributed by atoms with Crippen LogP contribution in [0.4, 0.5) is 0 Å². The molecule has 0 nitrogen and oxygen atoms in total. The van der Waals surface area contributed by atoms with Gasteiger partial charge in [0.1, 0.15) is 0 Å². The molecule has 0 aliphatic heterocycles.